The first-order valence-corrected chi connectivity index (χ1v) is 14.7. The number of fused-ring (bicyclic) bond motifs is 5. The number of carbonyl (C=O) groups is 4. The highest BCUT2D eigenvalue weighted by Gasteiger charge is 2.69. The van der Waals surface area contributed by atoms with Crippen LogP contribution in [0.4, 0.5) is 4.79 Å². The summed E-state index contributed by atoms with van der Waals surface area (Å²) in [6.07, 6.45) is 7.66. The van der Waals surface area contributed by atoms with Gasteiger partial charge in [0.15, 0.2) is 0 Å². The summed E-state index contributed by atoms with van der Waals surface area (Å²) in [4.78, 5) is 49.0. The van der Waals surface area contributed by atoms with E-state index in [1.807, 2.05) is 6.92 Å². The molecule has 10 heteroatoms. The van der Waals surface area contributed by atoms with Gasteiger partial charge in [0.05, 0.1) is 18.4 Å². The highest BCUT2D eigenvalue weighted by atomic mass is 16.6. The second-order valence-corrected chi connectivity index (χ2v) is 12.7. The number of rotatable bonds is 6. The molecule has 8 atom stereocenters. The molecule has 4 rings (SSSR count). The summed E-state index contributed by atoms with van der Waals surface area (Å²) >= 11 is 0. The van der Waals surface area contributed by atoms with Crippen LogP contribution < -0.4 is 16.1 Å². The molecule has 4 aliphatic carbocycles. The molecule has 10 nitrogen and oxygen atoms in total. The average molecular weight is 559 g/mol. The van der Waals surface area contributed by atoms with E-state index in [1.165, 1.54) is 26.3 Å². The molecule has 3 unspecified atom stereocenters. The molecule has 222 valence electrons. The fraction of sp³-hybridized carbons (Fsp3) is 0.767. The second kappa shape index (κ2) is 11.2. The number of nitrogens with zero attached hydrogens (tertiary/aromatic N) is 1. The standard InChI is InChI=1S/C30H46N4O6/c1-8-39-27(38)34-33-17(2)30(32-19(4)36)26(31-18(3)35)16-25-23-10-9-21-15-22(40-20(5)37)11-13-28(21,6)24(23)12-14-29(25,30)7/h9,22-26H,8,10-16H2,1-7H3,(H,31,35)(H,32,36)(H,34,38)/b33-17+/t22-,23?,24?,25?,26+,28-,29-,30+/m0/s1. The summed E-state index contributed by atoms with van der Waals surface area (Å²) in [6.45, 7) is 12.8. The Morgan fingerprint density at radius 1 is 1.02 bits per heavy atom. The fourth-order valence-electron chi connectivity index (χ4n) is 9.09. The molecule has 3 saturated carbocycles. The molecule has 3 fully saturated rings. The fourth-order valence-corrected chi connectivity index (χ4v) is 9.09. The van der Waals surface area contributed by atoms with Crippen LogP contribution in [0.3, 0.4) is 0 Å². The number of nitrogens with one attached hydrogen (secondary N) is 3. The summed E-state index contributed by atoms with van der Waals surface area (Å²) in [5.74, 6) is 0.386. The highest BCUT2D eigenvalue weighted by Crippen LogP contribution is 2.67. The van der Waals surface area contributed by atoms with Crippen LogP contribution >= 0.6 is 0 Å². The summed E-state index contributed by atoms with van der Waals surface area (Å²) < 4.78 is 10.6. The van der Waals surface area contributed by atoms with Gasteiger partial charge in [0, 0.05) is 32.6 Å². The summed E-state index contributed by atoms with van der Waals surface area (Å²) in [7, 11) is 0. The number of hydrogen-bond donors (Lipinski definition) is 3. The molecule has 0 heterocycles. The van der Waals surface area contributed by atoms with Gasteiger partial charge in [-0.05, 0) is 75.5 Å². The number of amides is 3. The molecular formula is C30H46N4O6. The predicted octanol–water partition coefficient (Wildman–Crippen LogP) is 3.99. The number of hydrogen-bond acceptors (Lipinski definition) is 7. The quantitative estimate of drug-likeness (QED) is 0.195. The van der Waals surface area contributed by atoms with E-state index in [9.17, 15) is 19.2 Å². The van der Waals surface area contributed by atoms with E-state index in [2.05, 4.69) is 41.1 Å². The van der Waals surface area contributed by atoms with Crippen molar-refractivity contribution in [3.63, 3.8) is 0 Å². The Bertz CT molecular complexity index is 1120. The topological polar surface area (TPSA) is 135 Å². The van der Waals surface area contributed by atoms with Gasteiger partial charge in [-0.2, -0.15) is 5.10 Å². The molecule has 0 aromatic heterocycles. The molecule has 3 amide bonds. The minimum absolute atomic E-state index is 0.0260. The van der Waals surface area contributed by atoms with Crippen molar-refractivity contribution in [3.8, 4) is 0 Å². The van der Waals surface area contributed by atoms with E-state index in [1.54, 1.807) is 6.92 Å². The Kier molecular flexibility index (Phi) is 8.39. The van der Waals surface area contributed by atoms with Crippen molar-refractivity contribution in [2.24, 2.45) is 33.7 Å². The van der Waals surface area contributed by atoms with Crippen LogP contribution in [0.2, 0.25) is 0 Å². The van der Waals surface area contributed by atoms with Gasteiger partial charge in [-0.1, -0.05) is 25.5 Å². The van der Waals surface area contributed by atoms with Crippen molar-refractivity contribution in [3.05, 3.63) is 11.6 Å². The van der Waals surface area contributed by atoms with Crippen LogP contribution in [0.5, 0.6) is 0 Å². The van der Waals surface area contributed by atoms with Gasteiger partial charge in [-0.15, -0.1) is 0 Å². The van der Waals surface area contributed by atoms with Gasteiger partial charge in [-0.25, -0.2) is 10.2 Å². The van der Waals surface area contributed by atoms with Crippen LogP contribution in [0.1, 0.15) is 93.4 Å². The number of carbonyl (C=O) groups excluding carboxylic acids is 4. The molecule has 0 aliphatic heterocycles. The Morgan fingerprint density at radius 2 is 1.75 bits per heavy atom. The average Bonchev–Trinajstić information content (AvgIpc) is 3.10. The van der Waals surface area contributed by atoms with Crippen LogP contribution in [0.15, 0.2) is 16.8 Å². The maximum absolute atomic E-state index is 12.8. The van der Waals surface area contributed by atoms with Crippen molar-refractivity contribution in [1.82, 2.24) is 16.1 Å². The first kappa shape index (κ1) is 30.1. The van der Waals surface area contributed by atoms with Crippen molar-refractivity contribution in [2.75, 3.05) is 6.61 Å². The number of ether oxygens (including phenoxy) is 2. The Balaban J connectivity index is 1.74. The molecule has 0 bridgehead atoms. The first-order valence-electron chi connectivity index (χ1n) is 14.7. The first-order chi connectivity index (χ1) is 18.8. The Labute approximate surface area is 237 Å². The van der Waals surface area contributed by atoms with Crippen molar-refractivity contribution >= 4 is 29.6 Å². The summed E-state index contributed by atoms with van der Waals surface area (Å²) in [5, 5.41) is 10.8. The van der Waals surface area contributed by atoms with Gasteiger partial charge in [0.25, 0.3) is 0 Å². The number of esters is 1. The molecule has 4 aliphatic rings. The van der Waals surface area contributed by atoms with Gasteiger partial charge in [0.1, 0.15) is 11.6 Å². The van der Waals surface area contributed by atoms with Crippen LogP contribution in [0.25, 0.3) is 0 Å². The van der Waals surface area contributed by atoms with E-state index in [4.69, 9.17) is 9.47 Å². The zero-order valence-corrected chi connectivity index (χ0v) is 25.0. The monoisotopic (exact) mass is 558 g/mol. The van der Waals surface area contributed by atoms with Crippen molar-refractivity contribution in [1.29, 1.82) is 0 Å². The van der Waals surface area contributed by atoms with Gasteiger partial charge in [-0.3, -0.25) is 14.4 Å². The molecule has 0 radical (unpaired) electrons. The number of hydrazone groups is 1. The minimum Gasteiger partial charge on any atom is -0.462 e. The lowest BCUT2D eigenvalue weighted by atomic mass is 9.46. The third-order valence-corrected chi connectivity index (χ3v) is 10.6. The zero-order chi connectivity index (χ0) is 29.5. The van der Waals surface area contributed by atoms with E-state index < -0.39 is 23.1 Å². The van der Waals surface area contributed by atoms with E-state index in [0.29, 0.717) is 24.0 Å². The molecule has 0 aromatic rings. The molecule has 0 saturated heterocycles. The Hall–Kier alpha value is -2.91. The number of allylic oxidation sites excluding steroid dienone is 1. The lowest BCUT2D eigenvalue weighted by Crippen LogP contribution is -2.71. The predicted molar refractivity (Wildman–Crippen MR) is 150 cm³/mol. The third kappa shape index (κ3) is 5.02. The lowest BCUT2D eigenvalue weighted by Gasteiger charge is -2.60. The van der Waals surface area contributed by atoms with Crippen molar-refractivity contribution < 1.29 is 28.7 Å². The molecule has 0 spiro atoms. The van der Waals surface area contributed by atoms with Gasteiger partial charge < -0.3 is 20.1 Å². The highest BCUT2D eigenvalue weighted by molar-refractivity contribution is 5.98. The zero-order valence-electron chi connectivity index (χ0n) is 25.0. The van der Waals surface area contributed by atoms with Crippen molar-refractivity contribution in [2.45, 2.75) is 111 Å². The molecule has 40 heavy (non-hydrogen) atoms. The largest absolute Gasteiger partial charge is 0.462 e. The molecule has 3 N–H and O–H groups in total. The van der Waals surface area contributed by atoms with Crippen LogP contribution in [-0.4, -0.2) is 53.9 Å². The molecule has 0 aromatic carbocycles. The summed E-state index contributed by atoms with van der Waals surface area (Å²) in [6, 6.07) is -0.395. The summed E-state index contributed by atoms with van der Waals surface area (Å²) in [5.41, 5.74) is 3.03. The maximum atomic E-state index is 12.8. The normalized spacial score (nSPS) is 38.5. The second-order valence-electron chi connectivity index (χ2n) is 12.7. The minimum atomic E-state index is -0.989. The third-order valence-electron chi connectivity index (χ3n) is 10.6. The maximum Gasteiger partial charge on any atom is 0.427 e. The van der Waals surface area contributed by atoms with Gasteiger partial charge in [0.2, 0.25) is 11.8 Å². The van der Waals surface area contributed by atoms with Crippen LogP contribution in [0, 0.1) is 28.6 Å². The Morgan fingerprint density at radius 3 is 2.38 bits per heavy atom. The van der Waals surface area contributed by atoms with Crippen LogP contribution in [-0.2, 0) is 23.9 Å². The van der Waals surface area contributed by atoms with E-state index in [-0.39, 0.29) is 41.8 Å². The van der Waals surface area contributed by atoms with Gasteiger partial charge >= 0.3 is 12.1 Å². The SMILES string of the molecule is CCOC(=O)N/N=C(\C)[C@@]1(NC(C)=O)[C@H](NC(C)=O)CC2C3CC=C4C[C@@H](OC(C)=O)CC[C@]4(C)C3CC[C@@]21C. The smallest absolute Gasteiger partial charge is 0.427 e. The molecular weight excluding hydrogens is 512 g/mol. The van der Waals surface area contributed by atoms with E-state index >= 15 is 0 Å². The van der Waals surface area contributed by atoms with E-state index in [0.717, 1.165) is 38.5 Å². The lowest BCUT2D eigenvalue weighted by molar-refractivity contribution is -0.148.